The molecule has 0 spiro atoms. The van der Waals surface area contributed by atoms with Gasteiger partial charge in [-0.2, -0.15) is 0 Å². The quantitative estimate of drug-likeness (QED) is 0.509. The normalized spacial score (nSPS) is 23.4. The molecule has 3 heterocycles. The van der Waals surface area contributed by atoms with Gasteiger partial charge in [-0.1, -0.05) is 12.8 Å². The lowest BCUT2D eigenvalue weighted by Crippen LogP contribution is -2.28. The van der Waals surface area contributed by atoms with Crippen molar-refractivity contribution in [3.8, 4) is 0 Å². The third-order valence-corrected chi connectivity index (χ3v) is 4.89. The molecule has 1 saturated heterocycles. The van der Waals surface area contributed by atoms with E-state index in [-0.39, 0.29) is 24.3 Å². The molecule has 1 saturated carbocycles. The summed E-state index contributed by atoms with van der Waals surface area (Å²) in [6.45, 7) is 1.91. The van der Waals surface area contributed by atoms with Crippen molar-refractivity contribution in [2.24, 2.45) is 10.9 Å². The van der Waals surface area contributed by atoms with E-state index >= 15 is 0 Å². The van der Waals surface area contributed by atoms with E-state index in [1.807, 2.05) is 12.1 Å². The lowest BCUT2D eigenvalue weighted by atomic mass is 10.0. The summed E-state index contributed by atoms with van der Waals surface area (Å²) in [5, 5.41) is 0.871. The van der Waals surface area contributed by atoms with Gasteiger partial charge in [-0.25, -0.2) is 4.98 Å². The molecule has 1 aliphatic heterocycles. The van der Waals surface area contributed by atoms with Crippen LogP contribution in [0.1, 0.15) is 38.2 Å². The summed E-state index contributed by atoms with van der Waals surface area (Å²) in [6.07, 6.45) is 9.18. The van der Waals surface area contributed by atoms with Crippen molar-refractivity contribution in [1.29, 1.82) is 0 Å². The number of nitrogens with zero attached hydrogens (tertiary/aromatic N) is 2. The van der Waals surface area contributed by atoms with Crippen LogP contribution in [0.4, 0.5) is 0 Å². The standard InChI is InChI=1S/C20H21N3O4/c1-2-26-20(25)16-17(24)15(27-19(16)23-13-6-3-4-7-13)10-12-11-22-18-14(12)8-5-9-21-18/h5,8-11,13,16H,2-4,6-7H2,1H3,(H,21,22)/b15-10-,23-19?. The molecule has 1 N–H and O–H groups in total. The zero-order valence-corrected chi connectivity index (χ0v) is 15.1. The molecule has 1 unspecified atom stereocenters. The van der Waals surface area contributed by atoms with Crippen LogP contribution < -0.4 is 0 Å². The minimum absolute atomic E-state index is 0.0985. The fourth-order valence-electron chi connectivity index (χ4n) is 3.56. The summed E-state index contributed by atoms with van der Waals surface area (Å²) in [5.74, 6) is -1.86. The number of aromatic nitrogens is 2. The number of H-pyrrole nitrogens is 1. The molecule has 27 heavy (non-hydrogen) atoms. The van der Waals surface area contributed by atoms with Gasteiger partial charge in [0, 0.05) is 23.3 Å². The SMILES string of the molecule is CCOC(=O)C1C(=O)/C(=C/c2c[nH]c3ncccc23)OC1=NC1CCCC1. The van der Waals surface area contributed by atoms with Crippen LogP contribution >= 0.6 is 0 Å². The molecule has 2 aromatic rings. The van der Waals surface area contributed by atoms with Crippen molar-refractivity contribution in [2.75, 3.05) is 6.61 Å². The Morgan fingerprint density at radius 3 is 3.04 bits per heavy atom. The molecule has 7 heteroatoms. The van der Waals surface area contributed by atoms with E-state index in [2.05, 4.69) is 15.0 Å². The van der Waals surface area contributed by atoms with Gasteiger partial charge in [-0.05, 0) is 38.0 Å². The predicted molar refractivity (Wildman–Crippen MR) is 100.0 cm³/mol. The highest BCUT2D eigenvalue weighted by Crippen LogP contribution is 2.30. The van der Waals surface area contributed by atoms with Crippen molar-refractivity contribution in [2.45, 2.75) is 38.6 Å². The van der Waals surface area contributed by atoms with Crippen LogP contribution in [-0.2, 0) is 19.1 Å². The van der Waals surface area contributed by atoms with Gasteiger partial charge in [0.1, 0.15) is 5.65 Å². The van der Waals surface area contributed by atoms with E-state index in [9.17, 15) is 9.59 Å². The number of esters is 1. The van der Waals surface area contributed by atoms with Gasteiger partial charge in [-0.3, -0.25) is 14.6 Å². The van der Waals surface area contributed by atoms with E-state index in [0.29, 0.717) is 0 Å². The van der Waals surface area contributed by atoms with E-state index in [1.54, 1.807) is 25.4 Å². The van der Waals surface area contributed by atoms with E-state index in [1.165, 1.54) is 0 Å². The highest BCUT2D eigenvalue weighted by Gasteiger charge is 2.45. The number of nitrogens with one attached hydrogen (secondary N) is 1. The van der Waals surface area contributed by atoms with Crippen molar-refractivity contribution in [3.63, 3.8) is 0 Å². The van der Waals surface area contributed by atoms with Crippen molar-refractivity contribution in [3.05, 3.63) is 35.8 Å². The Balaban J connectivity index is 1.69. The number of carbonyl (C=O) groups is 2. The first-order valence-electron chi connectivity index (χ1n) is 9.27. The number of ketones is 1. The van der Waals surface area contributed by atoms with Gasteiger partial charge in [0.05, 0.1) is 12.6 Å². The van der Waals surface area contributed by atoms with Gasteiger partial charge < -0.3 is 14.5 Å². The van der Waals surface area contributed by atoms with Crippen molar-refractivity contribution >= 4 is 34.8 Å². The van der Waals surface area contributed by atoms with Crippen molar-refractivity contribution < 1.29 is 19.1 Å². The number of fused-ring (bicyclic) bond motifs is 1. The van der Waals surface area contributed by atoms with E-state index in [4.69, 9.17) is 9.47 Å². The number of ether oxygens (including phenoxy) is 2. The second-order valence-corrected chi connectivity index (χ2v) is 6.71. The van der Waals surface area contributed by atoms with Gasteiger partial charge in [-0.15, -0.1) is 0 Å². The molecule has 0 radical (unpaired) electrons. The third-order valence-electron chi connectivity index (χ3n) is 4.89. The number of aromatic amines is 1. The van der Waals surface area contributed by atoms with Crippen LogP contribution in [0.15, 0.2) is 35.3 Å². The maximum atomic E-state index is 12.9. The highest BCUT2D eigenvalue weighted by molar-refractivity contribution is 6.27. The Labute approximate surface area is 156 Å². The average molecular weight is 367 g/mol. The number of hydrogen-bond acceptors (Lipinski definition) is 6. The number of rotatable bonds is 4. The molecule has 1 atom stereocenters. The average Bonchev–Trinajstić information content (AvgIpc) is 3.37. The lowest BCUT2D eigenvalue weighted by molar-refractivity contribution is -0.147. The molecular formula is C20H21N3O4. The molecule has 0 amide bonds. The van der Waals surface area contributed by atoms with Gasteiger partial charge >= 0.3 is 5.97 Å². The number of Topliss-reactive ketones (excluding diaryl/α,β-unsaturated/α-hetero) is 1. The fraction of sp³-hybridized carbons (Fsp3) is 0.400. The van der Waals surface area contributed by atoms with Crippen LogP contribution in [0.25, 0.3) is 17.1 Å². The molecule has 4 rings (SSSR count). The van der Waals surface area contributed by atoms with Crippen LogP contribution in [-0.4, -0.2) is 40.3 Å². The van der Waals surface area contributed by atoms with Gasteiger partial charge in [0.15, 0.2) is 11.7 Å². The Morgan fingerprint density at radius 1 is 1.44 bits per heavy atom. The molecule has 0 aromatic carbocycles. The highest BCUT2D eigenvalue weighted by atomic mass is 16.5. The smallest absolute Gasteiger partial charge is 0.326 e. The number of aliphatic imine (C=N–C) groups is 1. The Kier molecular flexibility index (Phi) is 4.75. The van der Waals surface area contributed by atoms with Crippen molar-refractivity contribution in [1.82, 2.24) is 9.97 Å². The van der Waals surface area contributed by atoms with Crippen LogP contribution in [0.2, 0.25) is 0 Å². The summed E-state index contributed by atoms with van der Waals surface area (Å²) in [4.78, 5) is 37.1. The summed E-state index contributed by atoms with van der Waals surface area (Å²) in [6, 6.07) is 3.83. The summed E-state index contributed by atoms with van der Waals surface area (Å²) < 4.78 is 10.8. The maximum Gasteiger partial charge on any atom is 0.326 e. The number of pyridine rings is 1. The first-order chi connectivity index (χ1) is 13.2. The minimum Gasteiger partial charge on any atom is -0.465 e. The first-order valence-corrected chi connectivity index (χ1v) is 9.27. The molecule has 2 aliphatic rings. The second-order valence-electron chi connectivity index (χ2n) is 6.71. The topological polar surface area (TPSA) is 93.6 Å². The predicted octanol–water partition coefficient (Wildman–Crippen LogP) is 3.02. The van der Waals surface area contributed by atoms with Crippen LogP contribution in [0.5, 0.6) is 0 Å². The Hall–Kier alpha value is -2.96. The van der Waals surface area contributed by atoms with Crippen LogP contribution in [0.3, 0.4) is 0 Å². The lowest BCUT2D eigenvalue weighted by Gasteiger charge is -2.09. The second kappa shape index (κ2) is 7.34. The largest absolute Gasteiger partial charge is 0.465 e. The van der Waals surface area contributed by atoms with Gasteiger partial charge in [0.2, 0.25) is 11.7 Å². The Morgan fingerprint density at radius 2 is 2.26 bits per heavy atom. The maximum absolute atomic E-state index is 12.9. The summed E-state index contributed by atoms with van der Waals surface area (Å²) >= 11 is 0. The zero-order valence-electron chi connectivity index (χ0n) is 15.1. The third kappa shape index (κ3) is 3.37. The molecule has 2 fully saturated rings. The van der Waals surface area contributed by atoms with E-state index < -0.39 is 17.7 Å². The number of carbonyl (C=O) groups excluding carboxylic acids is 2. The minimum atomic E-state index is -1.11. The number of allylic oxidation sites excluding steroid dienone is 1. The molecular weight excluding hydrogens is 346 g/mol. The molecule has 0 bridgehead atoms. The molecule has 2 aromatic heterocycles. The van der Waals surface area contributed by atoms with Crippen LogP contribution in [0, 0.1) is 5.92 Å². The first kappa shape index (κ1) is 17.5. The fourth-order valence-corrected chi connectivity index (χ4v) is 3.56. The molecule has 7 nitrogen and oxygen atoms in total. The number of hydrogen-bond donors (Lipinski definition) is 1. The summed E-state index contributed by atoms with van der Waals surface area (Å²) in [5.41, 5.74) is 1.49. The molecule has 1 aliphatic carbocycles. The summed E-state index contributed by atoms with van der Waals surface area (Å²) in [7, 11) is 0. The van der Waals surface area contributed by atoms with Gasteiger partial charge in [0.25, 0.3) is 0 Å². The monoisotopic (exact) mass is 367 g/mol. The van der Waals surface area contributed by atoms with E-state index in [0.717, 1.165) is 42.3 Å². The Bertz CT molecular complexity index is 938. The molecule has 140 valence electrons. The zero-order chi connectivity index (χ0) is 18.8.